The Morgan fingerprint density at radius 3 is 3.00 bits per heavy atom. The van der Waals surface area contributed by atoms with E-state index < -0.39 is 0 Å². The molecule has 3 heterocycles. The summed E-state index contributed by atoms with van der Waals surface area (Å²) in [5.74, 6) is 2.02. The zero-order valence-corrected chi connectivity index (χ0v) is 17.4. The molecule has 6 heteroatoms. The summed E-state index contributed by atoms with van der Waals surface area (Å²) in [5.41, 5.74) is 3.47. The van der Waals surface area contributed by atoms with E-state index in [9.17, 15) is 5.11 Å². The predicted molar refractivity (Wildman–Crippen MR) is 120 cm³/mol. The number of halogens is 1. The predicted octanol–water partition coefficient (Wildman–Crippen LogP) is 4.93. The zero-order valence-electron chi connectivity index (χ0n) is 16.7. The van der Waals surface area contributed by atoms with Crippen LogP contribution in [-0.4, -0.2) is 36.0 Å². The van der Waals surface area contributed by atoms with Gasteiger partial charge in [-0.3, -0.25) is 0 Å². The lowest BCUT2D eigenvalue weighted by Gasteiger charge is -2.32. The van der Waals surface area contributed by atoms with Gasteiger partial charge in [0.05, 0.1) is 12.3 Å². The summed E-state index contributed by atoms with van der Waals surface area (Å²) in [6.07, 6.45) is 9.52. The van der Waals surface area contributed by atoms with Gasteiger partial charge in [0, 0.05) is 34.9 Å². The third-order valence-corrected chi connectivity index (χ3v) is 6.21. The van der Waals surface area contributed by atoms with E-state index in [1.807, 2.05) is 24.3 Å². The monoisotopic (exact) mass is 424 g/mol. The molecule has 3 aromatic rings. The number of aliphatic hydroxyl groups is 1. The number of fused-ring (bicyclic) bond motifs is 2. The van der Waals surface area contributed by atoms with Gasteiger partial charge in [-0.1, -0.05) is 29.8 Å². The van der Waals surface area contributed by atoms with Crippen LogP contribution >= 0.6 is 11.6 Å². The molecular formula is C24H25ClN2O3. The maximum atomic E-state index is 9.32. The van der Waals surface area contributed by atoms with Crippen LogP contribution in [0.25, 0.3) is 10.9 Å². The highest BCUT2D eigenvalue weighted by molar-refractivity contribution is 6.31. The molecule has 0 bridgehead atoms. The average molecular weight is 425 g/mol. The highest BCUT2D eigenvalue weighted by Gasteiger charge is 2.25. The van der Waals surface area contributed by atoms with E-state index >= 15 is 0 Å². The number of hydrogen-bond donors (Lipinski definition) is 2. The molecule has 1 aromatic heterocycles. The smallest absolute Gasteiger partial charge is 0.185 e. The molecule has 2 atom stereocenters. The second-order valence-corrected chi connectivity index (χ2v) is 8.40. The van der Waals surface area contributed by atoms with E-state index in [0.717, 1.165) is 47.8 Å². The van der Waals surface area contributed by atoms with Gasteiger partial charge in [-0.05, 0) is 55.0 Å². The number of hydrogen-bond acceptors (Lipinski definition) is 4. The first-order valence-corrected chi connectivity index (χ1v) is 10.8. The number of aryl methyl sites for hydroxylation is 1. The fraction of sp³-hybridized carbons (Fsp3) is 0.333. The van der Waals surface area contributed by atoms with Crippen LogP contribution in [0.5, 0.6) is 11.5 Å². The Bertz CT molecular complexity index is 1080. The number of aromatic nitrogens is 1. The normalized spacial score (nSPS) is 20.7. The van der Waals surface area contributed by atoms with Crippen LogP contribution in [-0.2, 0) is 6.42 Å². The van der Waals surface area contributed by atoms with Gasteiger partial charge in [-0.15, -0.1) is 0 Å². The van der Waals surface area contributed by atoms with Gasteiger partial charge in [0.15, 0.2) is 17.6 Å². The van der Waals surface area contributed by atoms with Crippen LogP contribution in [0.4, 0.5) is 5.69 Å². The van der Waals surface area contributed by atoms with Gasteiger partial charge in [0.2, 0.25) is 0 Å². The minimum atomic E-state index is -0.297. The lowest BCUT2D eigenvalue weighted by atomic mass is 9.94. The molecule has 2 aliphatic heterocycles. The van der Waals surface area contributed by atoms with Crippen molar-refractivity contribution >= 4 is 28.2 Å². The SMILES string of the molecule is OCC1COc2c(cccc2N2C=CC(CCc3c[nH]c4cc(Cl)ccc34)CC2)O1. The maximum absolute atomic E-state index is 9.32. The van der Waals surface area contributed by atoms with Crippen molar-refractivity contribution in [1.29, 1.82) is 0 Å². The number of nitrogens with one attached hydrogen (secondary N) is 1. The fourth-order valence-electron chi connectivity index (χ4n) is 4.30. The molecule has 30 heavy (non-hydrogen) atoms. The summed E-state index contributed by atoms with van der Waals surface area (Å²) in [6, 6.07) is 12.0. The molecule has 0 aliphatic carbocycles. The fourth-order valence-corrected chi connectivity index (χ4v) is 4.47. The van der Waals surface area contributed by atoms with E-state index in [1.54, 1.807) is 0 Å². The van der Waals surface area contributed by atoms with Crippen molar-refractivity contribution in [2.24, 2.45) is 5.92 Å². The van der Waals surface area contributed by atoms with Crippen molar-refractivity contribution in [3.63, 3.8) is 0 Å². The minimum absolute atomic E-state index is 0.0432. The summed E-state index contributed by atoms with van der Waals surface area (Å²) < 4.78 is 11.7. The molecule has 0 amide bonds. The van der Waals surface area contributed by atoms with Crippen LogP contribution in [0.15, 0.2) is 54.9 Å². The van der Waals surface area contributed by atoms with Gasteiger partial charge in [-0.25, -0.2) is 0 Å². The Labute approximate surface area is 180 Å². The Morgan fingerprint density at radius 2 is 2.17 bits per heavy atom. The maximum Gasteiger partial charge on any atom is 0.185 e. The Morgan fingerprint density at radius 1 is 1.23 bits per heavy atom. The number of rotatable bonds is 5. The van der Waals surface area contributed by atoms with E-state index in [0.29, 0.717) is 18.3 Å². The molecule has 156 valence electrons. The van der Waals surface area contributed by atoms with Gasteiger partial charge in [-0.2, -0.15) is 0 Å². The number of aliphatic hydroxyl groups excluding tert-OH is 1. The van der Waals surface area contributed by atoms with Crippen LogP contribution in [0.1, 0.15) is 18.4 Å². The number of anilines is 1. The lowest BCUT2D eigenvalue weighted by Crippen LogP contribution is -2.33. The third-order valence-electron chi connectivity index (χ3n) is 5.97. The molecule has 2 unspecified atom stereocenters. The molecule has 0 fully saturated rings. The molecule has 5 nitrogen and oxygen atoms in total. The second-order valence-electron chi connectivity index (χ2n) is 7.96. The van der Waals surface area contributed by atoms with Crippen molar-refractivity contribution in [3.8, 4) is 11.5 Å². The number of para-hydroxylation sites is 1. The van der Waals surface area contributed by atoms with Crippen molar-refractivity contribution in [2.75, 3.05) is 24.7 Å². The van der Waals surface area contributed by atoms with E-state index in [2.05, 4.69) is 40.5 Å². The molecule has 2 aromatic carbocycles. The zero-order chi connectivity index (χ0) is 20.5. The number of benzene rings is 2. The first-order chi connectivity index (χ1) is 14.7. The van der Waals surface area contributed by atoms with E-state index in [1.165, 1.54) is 10.9 Å². The second kappa shape index (κ2) is 8.25. The van der Waals surface area contributed by atoms with Gasteiger partial charge in [0.25, 0.3) is 0 Å². The van der Waals surface area contributed by atoms with E-state index in [4.69, 9.17) is 21.1 Å². The van der Waals surface area contributed by atoms with Crippen LogP contribution in [0.3, 0.4) is 0 Å². The standard InChI is InChI=1S/C24H25ClN2O3/c25-18-6-7-20-17(13-26-21(20)12-18)5-4-16-8-10-27(11-9-16)22-2-1-3-23-24(22)29-15-19(14-28)30-23/h1-3,6-8,10,12-13,16,19,26,28H,4-5,9,11,14-15H2. The lowest BCUT2D eigenvalue weighted by molar-refractivity contribution is 0.0460. The molecule has 0 spiro atoms. The summed E-state index contributed by atoms with van der Waals surface area (Å²) in [4.78, 5) is 5.56. The Hall–Kier alpha value is -2.63. The largest absolute Gasteiger partial charge is 0.484 e. The van der Waals surface area contributed by atoms with Crippen molar-refractivity contribution in [2.45, 2.75) is 25.4 Å². The highest BCUT2D eigenvalue weighted by Crippen LogP contribution is 2.41. The molecule has 0 saturated heterocycles. The summed E-state index contributed by atoms with van der Waals surface area (Å²) in [5, 5.41) is 11.3. The van der Waals surface area contributed by atoms with Gasteiger partial charge < -0.3 is 24.5 Å². The summed E-state index contributed by atoms with van der Waals surface area (Å²) in [6.45, 7) is 1.27. The quantitative estimate of drug-likeness (QED) is 0.610. The minimum Gasteiger partial charge on any atom is -0.484 e. The molecule has 2 N–H and O–H groups in total. The molecule has 2 aliphatic rings. The van der Waals surface area contributed by atoms with Crippen molar-refractivity contribution in [3.05, 3.63) is 65.5 Å². The molecule has 0 saturated carbocycles. The van der Waals surface area contributed by atoms with Crippen molar-refractivity contribution in [1.82, 2.24) is 4.98 Å². The number of H-pyrrole nitrogens is 1. The molecule has 5 rings (SSSR count). The highest BCUT2D eigenvalue weighted by atomic mass is 35.5. The topological polar surface area (TPSA) is 57.7 Å². The third kappa shape index (κ3) is 3.75. The summed E-state index contributed by atoms with van der Waals surface area (Å²) in [7, 11) is 0. The Kier molecular flexibility index (Phi) is 5.32. The average Bonchev–Trinajstić information content (AvgIpc) is 3.19. The van der Waals surface area contributed by atoms with Crippen molar-refractivity contribution < 1.29 is 14.6 Å². The number of aromatic amines is 1. The number of ether oxygens (including phenoxy) is 2. The number of nitrogens with zero attached hydrogens (tertiary/aromatic N) is 1. The molecule has 0 radical (unpaired) electrons. The van der Waals surface area contributed by atoms with Crippen LogP contribution in [0, 0.1) is 5.92 Å². The van der Waals surface area contributed by atoms with Gasteiger partial charge >= 0.3 is 0 Å². The Balaban J connectivity index is 1.25. The van der Waals surface area contributed by atoms with E-state index in [-0.39, 0.29) is 12.7 Å². The van der Waals surface area contributed by atoms with Crippen LogP contribution in [0.2, 0.25) is 5.02 Å². The van der Waals surface area contributed by atoms with Gasteiger partial charge in [0.1, 0.15) is 6.61 Å². The van der Waals surface area contributed by atoms with Crippen LogP contribution < -0.4 is 14.4 Å². The first-order valence-electron chi connectivity index (χ1n) is 10.4. The first kappa shape index (κ1) is 19.3. The molecular weight excluding hydrogens is 400 g/mol. The number of allylic oxidation sites excluding steroid dienone is 1. The summed E-state index contributed by atoms with van der Waals surface area (Å²) >= 11 is 6.09.